The summed E-state index contributed by atoms with van der Waals surface area (Å²) in [6.45, 7) is 23.9. The second-order valence-corrected chi connectivity index (χ2v) is 20.9. The number of hydrogen-bond acceptors (Lipinski definition) is 12. The molecule has 2 bridgehead atoms. The summed E-state index contributed by atoms with van der Waals surface area (Å²) in [7, 11) is -0.424. The summed E-state index contributed by atoms with van der Waals surface area (Å²) in [5.74, 6) is -0.138. The average molecular weight is 796 g/mol. The summed E-state index contributed by atoms with van der Waals surface area (Å²) >= 11 is 0. The molecular weight excluding hydrogens is 733 g/mol. The number of esters is 1. The number of ether oxygens (including phenoxy) is 5. The molecule has 3 unspecified atom stereocenters. The maximum absolute atomic E-state index is 14.2. The van der Waals surface area contributed by atoms with E-state index in [0.717, 1.165) is 19.3 Å². The molecule has 2 N–H and O–H groups in total. The molecule has 4 saturated carbocycles. The van der Waals surface area contributed by atoms with Crippen LogP contribution in [0, 0.1) is 17.3 Å². The molecule has 0 radical (unpaired) electrons. The smallest absolute Gasteiger partial charge is 0.487 e. The fourth-order valence-electron chi connectivity index (χ4n) is 9.81. The van der Waals surface area contributed by atoms with Crippen LogP contribution in [0.25, 0.3) is 0 Å². The zero-order chi connectivity index (χ0) is 41.8. The van der Waals surface area contributed by atoms with E-state index in [9.17, 15) is 19.2 Å². The Bertz CT molecular complexity index is 1790. The molecular formula is C42H62BN3O11. The summed E-state index contributed by atoms with van der Waals surface area (Å²) in [4.78, 5) is 56.4. The minimum Gasteiger partial charge on any atom is -0.487 e. The van der Waals surface area contributed by atoms with Crippen molar-refractivity contribution in [3.63, 3.8) is 0 Å². The lowest BCUT2D eigenvalue weighted by molar-refractivity contribution is -0.199. The molecule has 8 atom stereocenters. The maximum atomic E-state index is 14.2. The normalized spacial score (nSPS) is 32.1. The van der Waals surface area contributed by atoms with Crippen molar-refractivity contribution in [2.45, 2.75) is 167 Å². The number of amides is 2. The summed E-state index contributed by atoms with van der Waals surface area (Å²) in [6, 6.07) is 2.65. The average Bonchev–Trinajstić information content (AvgIpc) is 3.54. The van der Waals surface area contributed by atoms with Gasteiger partial charge in [0, 0.05) is 31.5 Å². The topological polar surface area (TPSA) is 165 Å². The zero-order valence-corrected chi connectivity index (χ0v) is 35.8. The van der Waals surface area contributed by atoms with Gasteiger partial charge in [0.2, 0.25) is 5.91 Å². The Balaban J connectivity index is 1.13. The molecule has 14 nitrogen and oxygen atoms in total. The fraction of sp³-hybridized carbons (Fsp3) is 0.762. The molecule has 7 fully saturated rings. The first-order chi connectivity index (χ1) is 26.2. The van der Waals surface area contributed by atoms with Gasteiger partial charge in [-0.25, -0.2) is 14.4 Å². The van der Waals surface area contributed by atoms with Crippen LogP contribution in [0.5, 0.6) is 11.5 Å². The molecule has 15 heteroatoms. The monoisotopic (exact) mass is 795 g/mol. The third-order valence-electron chi connectivity index (χ3n) is 12.8. The number of carbonyl (C=O) groups excluding carboxylic acids is 4. The van der Waals surface area contributed by atoms with E-state index in [-0.39, 0.29) is 64.6 Å². The molecule has 0 aromatic heterocycles. The number of primary amides is 1. The second-order valence-electron chi connectivity index (χ2n) is 20.9. The zero-order valence-electron chi connectivity index (χ0n) is 35.8. The van der Waals surface area contributed by atoms with Crippen LogP contribution < -0.4 is 15.2 Å². The van der Waals surface area contributed by atoms with E-state index in [1.165, 1.54) is 4.90 Å². The van der Waals surface area contributed by atoms with Gasteiger partial charge >= 0.3 is 25.3 Å². The summed E-state index contributed by atoms with van der Waals surface area (Å²) in [5.41, 5.74) is 3.75. The van der Waals surface area contributed by atoms with E-state index in [0.29, 0.717) is 36.9 Å². The lowest BCUT2D eigenvalue weighted by Gasteiger charge is -2.64. The predicted octanol–water partition coefficient (Wildman–Crippen LogP) is 6.47. The Morgan fingerprint density at radius 3 is 2.09 bits per heavy atom. The van der Waals surface area contributed by atoms with Crippen LogP contribution in [0.15, 0.2) is 12.1 Å². The second kappa shape index (κ2) is 14.0. The minimum absolute atomic E-state index is 0.000365. The van der Waals surface area contributed by atoms with E-state index in [1.807, 2.05) is 6.07 Å². The summed E-state index contributed by atoms with van der Waals surface area (Å²) in [6.07, 6.45) is 1.34. The number of likely N-dealkylation sites (tertiary alicyclic amines) is 2. The molecule has 7 aliphatic rings. The first-order valence-corrected chi connectivity index (χ1v) is 20.6. The highest BCUT2D eigenvalue weighted by Crippen LogP contribution is 2.68. The number of rotatable bonds is 8. The first-order valence-electron chi connectivity index (χ1n) is 20.6. The van der Waals surface area contributed by atoms with Gasteiger partial charge in [-0.15, -0.1) is 0 Å². The highest BCUT2D eigenvalue weighted by molar-refractivity contribution is 6.49. The van der Waals surface area contributed by atoms with Crippen LogP contribution in [0.3, 0.4) is 0 Å². The van der Waals surface area contributed by atoms with Crippen LogP contribution in [0.2, 0.25) is 5.82 Å². The molecule has 314 valence electrons. The standard InChI is InChI=1S/C42H62BN3O11/c1-38(2,3)53-35(48)32-29(51-24-20-45(21-24)23-17-28(34(44)47)46(19-23)36(49)54-39(4,5)6)14-13-25(33(32)52-37(50)55-40(7,8)9)26-18-27(26)43-56-31-16-22-15-30(41(22,10)11)42(31,12)57-43/h13-14,22-24,26-28,30-31H,15-21H2,1-12H3,(H2,44,47)/t22-,23-,26?,27?,28-,30-,31?,42-/m0/s1. The molecule has 1 aromatic rings. The lowest BCUT2D eigenvalue weighted by Crippen LogP contribution is -2.65. The Labute approximate surface area is 337 Å². The summed E-state index contributed by atoms with van der Waals surface area (Å²) < 4.78 is 43.1. The van der Waals surface area contributed by atoms with Gasteiger partial charge < -0.3 is 38.7 Å². The van der Waals surface area contributed by atoms with Gasteiger partial charge in [0.15, 0.2) is 5.75 Å². The maximum Gasteiger partial charge on any atom is 0.514 e. The van der Waals surface area contributed by atoms with E-state index in [1.54, 1.807) is 68.4 Å². The number of hydrogen-bond donors (Lipinski definition) is 1. The van der Waals surface area contributed by atoms with Crippen LogP contribution in [0.4, 0.5) is 9.59 Å². The number of nitrogens with zero attached hydrogens (tertiary/aromatic N) is 2. The highest BCUT2D eigenvalue weighted by Gasteiger charge is 2.70. The molecule has 3 aliphatic heterocycles. The molecule has 57 heavy (non-hydrogen) atoms. The van der Waals surface area contributed by atoms with E-state index < -0.39 is 54.1 Å². The Morgan fingerprint density at radius 2 is 1.49 bits per heavy atom. The van der Waals surface area contributed by atoms with Crippen LogP contribution in [-0.2, 0) is 28.3 Å². The Morgan fingerprint density at radius 1 is 0.842 bits per heavy atom. The van der Waals surface area contributed by atoms with Crippen molar-refractivity contribution in [1.82, 2.24) is 9.80 Å². The molecule has 1 aromatic carbocycles. The fourth-order valence-corrected chi connectivity index (χ4v) is 9.81. The molecule has 3 saturated heterocycles. The van der Waals surface area contributed by atoms with Crippen molar-refractivity contribution in [3.8, 4) is 11.5 Å². The number of benzene rings is 1. The largest absolute Gasteiger partial charge is 0.514 e. The van der Waals surface area contributed by atoms with Crippen molar-refractivity contribution < 1.29 is 52.2 Å². The van der Waals surface area contributed by atoms with Crippen molar-refractivity contribution >= 4 is 31.2 Å². The van der Waals surface area contributed by atoms with Gasteiger partial charge in [-0.3, -0.25) is 14.6 Å². The van der Waals surface area contributed by atoms with E-state index >= 15 is 0 Å². The van der Waals surface area contributed by atoms with Gasteiger partial charge in [-0.05, 0) is 130 Å². The summed E-state index contributed by atoms with van der Waals surface area (Å²) in [5, 5.41) is 0. The minimum atomic E-state index is -0.952. The third kappa shape index (κ3) is 8.22. The van der Waals surface area contributed by atoms with Crippen molar-refractivity contribution in [3.05, 3.63) is 23.3 Å². The van der Waals surface area contributed by atoms with Crippen molar-refractivity contribution in [1.29, 1.82) is 0 Å². The quantitative estimate of drug-likeness (QED) is 0.132. The first kappa shape index (κ1) is 41.6. The van der Waals surface area contributed by atoms with E-state index in [2.05, 4.69) is 25.7 Å². The van der Waals surface area contributed by atoms with Gasteiger partial charge in [0.05, 0.1) is 11.7 Å². The van der Waals surface area contributed by atoms with Gasteiger partial charge in [0.25, 0.3) is 0 Å². The molecule has 3 heterocycles. The van der Waals surface area contributed by atoms with E-state index in [4.69, 9.17) is 38.7 Å². The van der Waals surface area contributed by atoms with Gasteiger partial charge in [0.1, 0.15) is 40.3 Å². The Hall–Kier alpha value is -3.56. The number of carbonyl (C=O) groups is 4. The Kier molecular flexibility index (Phi) is 10.2. The SMILES string of the molecule is CC(C)(C)OC(=O)Oc1c(C2CC2B2OC3C[C@@H]4C[C@@H](C4(C)C)[C@]3(C)O2)ccc(OC2CN([C@H]3C[C@@H](C(N)=O)N(C(=O)OC(C)(C)C)C3)C2)c1C(=O)OC(C)(C)C. The molecule has 8 rings (SSSR count). The molecule has 2 amide bonds. The lowest BCUT2D eigenvalue weighted by atomic mass is 9.43. The van der Waals surface area contributed by atoms with Gasteiger partial charge in [-0.1, -0.05) is 19.9 Å². The van der Waals surface area contributed by atoms with Crippen molar-refractivity contribution in [2.24, 2.45) is 23.0 Å². The molecule has 4 aliphatic carbocycles. The van der Waals surface area contributed by atoms with Crippen LogP contribution >= 0.6 is 0 Å². The van der Waals surface area contributed by atoms with Gasteiger partial charge in [-0.2, -0.15) is 0 Å². The third-order valence-corrected chi connectivity index (χ3v) is 12.8. The predicted molar refractivity (Wildman–Crippen MR) is 210 cm³/mol. The van der Waals surface area contributed by atoms with Crippen LogP contribution in [0.1, 0.15) is 131 Å². The molecule has 0 spiro atoms. The highest BCUT2D eigenvalue weighted by atomic mass is 16.7. The van der Waals surface area contributed by atoms with Crippen molar-refractivity contribution in [2.75, 3.05) is 19.6 Å². The number of nitrogens with two attached hydrogens (primary N) is 1. The van der Waals surface area contributed by atoms with Crippen LogP contribution in [-0.4, -0.2) is 107 Å².